The standard InChI is InChI=1S/C14H19NO2/c1-10(2)9-15-14(13(16)17)8-7-11-5-3-4-6-12(11)14/h3-6,10,15H,7-9H2,1-2H3,(H,16,17). The number of carbonyl (C=O) groups is 1. The molecule has 0 spiro atoms. The third kappa shape index (κ3) is 2.07. The Balaban J connectivity index is 2.34. The zero-order valence-corrected chi connectivity index (χ0v) is 10.4. The number of rotatable bonds is 4. The van der Waals surface area contributed by atoms with Crippen LogP contribution in [0, 0.1) is 5.92 Å². The molecule has 1 aromatic rings. The minimum Gasteiger partial charge on any atom is -0.480 e. The lowest BCUT2D eigenvalue weighted by Gasteiger charge is -2.28. The van der Waals surface area contributed by atoms with Gasteiger partial charge >= 0.3 is 5.97 Å². The molecule has 0 heterocycles. The van der Waals surface area contributed by atoms with Crippen molar-refractivity contribution in [1.29, 1.82) is 0 Å². The molecule has 0 radical (unpaired) electrons. The first kappa shape index (κ1) is 12.1. The van der Waals surface area contributed by atoms with Gasteiger partial charge in [-0.3, -0.25) is 5.32 Å². The van der Waals surface area contributed by atoms with E-state index in [2.05, 4.69) is 19.2 Å². The second-order valence-corrected chi connectivity index (χ2v) is 5.14. The number of hydrogen-bond donors (Lipinski definition) is 2. The van der Waals surface area contributed by atoms with Crippen molar-refractivity contribution < 1.29 is 9.90 Å². The van der Waals surface area contributed by atoms with Crippen molar-refractivity contribution in [2.24, 2.45) is 5.92 Å². The third-order valence-corrected chi connectivity index (χ3v) is 3.42. The highest BCUT2D eigenvalue weighted by Crippen LogP contribution is 2.37. The highest BCUT2D eigenvalue weighted by Gasteiger charge is 2.44. The number of nitrogens with one attached hydrogen (secondary N) is 1. The van der Waals surface area contributed by atoms with Crippen molar-refractivity contribution in [1.82, 2.24) is 5.32 Å². The van der Waals surface area contributed by atoms with Gasteiger partial charge < -0.3 is 5.11 Å². The summed E-state index contributed by atoms with van der Waals surface area (Å²) in [5.41, 5.74) is 1.22. The zero-order valence-electron chi connectivity index (χ0n) is 10.4. The fraction of sp³-hybridized carbons (Fsp3) is 0.500. The van der Waals surface area contributed by atoms with E-state index in [9.17, 15) is 9.90 Å². The second kappa shape index (κ2) is 4.49. The van der Waals surface area contributed by atoms with Crippen molar-refractivity contribution in [2.45, 2.75) is 32.2 Å². The summed E-state index contributed by atoms with van der Waals surface area (Å²) in [4.78, 5) is 11.6. The molecule has 92 valence electrons. The molecule has 17 heavy (non-hydrogen) atoms. The van der Waals surface area contributed by atoms with Crippen molar-refractivity contribution in [3.8, 4) is 0 Å². The molecular formula is C14H19NO2. The molecule has 0 fully saturated rings. The molecule has 3 nitrogen and oxygen atoms in total. The predicted molar refractivity (Wildman–Crippen MR) is 66.9 cm³/mol. The van der Waals surface area contributed by atoms with Crippen LogP contribution < -0.4 is 5.32 Å². The molecule has 0 aliphatic heterocycles. The average molecular weight is 233 g/mol. The molecule has 3 heteroatoms. The topological polar surface area (TPSA) is 49.3 Å². The smallest absolute Gasteiger partial charge is 0.328 e. The number of hydrogen-bond acceptors (Lipinski definition) is 2. The number of benzene rings is 1. The Labute approximate surface area is 102 Å². The summed E-state index contributed by atoms with van der Waals surface area (Å²) >= 11 is 0. The monoisotopic (exact) mass is 233 g/mol. The highest BCUT2D eigenvalue weighted by molar-refractivity contribution is 5.82. The van der Waals surface area contributed by atoms with Gasteiger partial charge in [0.2, 0.25) is 0 Å². The van der Waals surface area contributed by atoms with Gasteiger partial charge in [-0.15, -0.1) is 0 Å². The maximum Gasteiger partial charge on any atom is 0.328 e. The lowest BCUT2D eigenvalue weighted by atomic mass is 9.91. The quantitative estimate of drug-likeness (QED) is 0.837. The van der Waals surface area contributed by atoms with Gasteiger partial charge in [0.15, 0.2) is 0 Å². The summed E-state index contributed by atoms with van der Waals surface area (Å²) in [5, 5.41) is 12.8. The first-order valence-corrected chi connectivity index (χ1v) is 6.13. The van der Waals surface area contributed by atoms with E-state index in [-0.39, 0.29) is 0 Å². The maximum absolute atomic E-state index is 11.6. The molecule has 0 aromatic heterocycles. The van der Waals surface area contributed by atoms with E-state index in [1.54, 1.807) is 0 Å². The van der Waals surface area contributed by atoms with Crippen LogP contribution in [0.15, 0.2) is 24.3 Å². The van der Waals surface area contributed by atoms with E-state index in [0.29, 0.717) is 12.3 Å². The van der Waals surface area contributed by atoms with Crippen molar-refractivity contribution in [3.63, 3.8) is 0 Å². The van der Waals surface area contributed by atoms with Crippen LogP contribution in [0.5, 0.6) is 0 Å². The normalized spacial score (nSPS) is 22.8. The minimum absolute atomic E-state index is 0.444. The minimum atomic E-state index is -0.874. The molecule has 1 unspecified atom stereocenters. The molecule has 0 saturated carbocycles. The Kier molecular flexibility index (Phi) is 3.20. The zero-order chi connectivity index (χ0) is 12.5. The van der Waals surface area contributed by atoms with E-state index in [4.69, 9.17) is 0 Å². The van der Waals surface area contributed by atoms with E-state index in [0.717, 1.165) is 24.1 Å². The van der Waals surface area contributed by atoms with Gasteiger partial charge in [0, 0.05) is 0 Å². The third-order valence-electron chi connectivity index (χ3n) is 3.42. The van der Waals surface area contributed by atoms with Crippen LogP contribution in [0.4, 0.5) is 0 Å². The first-order chi connectivity index (χ1) is 8.06. The molecule has 1 aliphatic rings. The lowest BCUT2D eigenvalue weighted by Crippen LogP contribution is -2.48. The number of fused-ring (bicyclic) bond motifs is 1. The highest BCUT2D eigenvalue weighted by atomic mass is 16.4. The van der Waals surface area contributed by atoms with E-state index >= 15 is 0 Å². The van der Waals surface area contributed by atoms with Crippen LogP contribution >= 0.6 is 0 Å². The van der Waals surface area contributed by atoms with Crippen LogP contribution in [0.3, 0.4) is 0 Å². The first-order valence-electron chi connectivity index (χ1n) is 6.13. The Morgan fingerprint density at radius 3 is 2.82 bits per heavy atom. The van der Waals surface area contributed by atoms with Crippen LogP contribution in [-0.2, 0) is 16.8 Å². The van der Waals surface area contributed by atoms with Crippen LogP contribution in [0.25, 0.3) is 0 Å². The number of carboxylic acid groups (broad SMARTS) is 1. The van der Waals surface area contributed by atoms with Crippen LogP contribution in [0.1, 0.15) is 31.4 Å². The van der Waals surface area contributed by atoms with Gasteiger partial charge in [0.1, 0.15) is 5.54 Å². The molecular weight excluding hydrogens is 214 g/mol. The molecule has 2 rings (SSSR count). The second-order valence-electron chi connectivity index (χ2n) is 5.14. The lowest BCUT2D eigenvalue weighted by molar-refractivity contribution is -0.145. The van der Waals surface area contributed by atoms with Gasteiger partial charge in [-0.05, 0) is 36.4 Å². The molecule has 0 bridgehead atoms. The van der Waals surface area contributed by atoms with Gasteiger partial charge in [0.25, 0.3) is 0 Å². The van der Waals surface area contributed by atoms with Crippen molar-refractivity contribution in [3.05, 3.63) is 35.4 Å². The van der Waals surface area contributed by atoms with Gasteiger partial charge in [-0.2, -0.15) is 0 Å². The molecule has 0 amide bonds. The fourth-order valence-electron chi connectivity index (χ4n) is 2.47. The summed E-state index contributed by atoms with van der Waals surface area (Å²) in [5.74, 6) is -0.318. The summed E-state index contributed by atoms with van der Waals surface area (Å²) in [6.45, 7) is 4.90. The fourth-order valence-corrected chi connectivity index (χ4v) is 2.47. The van der Waals surface area contributed by atoms with Crippen molar-refractivity contribution >= 4 is 5.97 Å². The predicted octanol–water partition coefficient (Wildman–Crippen LogP) is 2.16. The molecule has 0 saturated heterocycles. The Bertz CT molecular complexity index is 428. The summed E-state index contributed by atoms with van der Waals surface area (Å²) in [6.07, 6.45) is 1.49. The summed E-state index contributed by atoms with van der Waals surface area (Å²) < 4.78 is 0. The van der Waals surface area contributed by atoms with Crippen LogP contribution in [0.2, 0.25) is 0 Å². The van der Waals surface area contributed by atoms with E-state index in [1.807, 2.05) is 24.3 Å². The number of aliphatic carboxylic acids is 1. The van der Waals surface area contributed by atoms with Gasteiger partial charge in [-0.1, -0.05) is 38.1 Å². The van der Waals surface area contributed by atoms with E-state index in [1.165, 1.54) is 0 Å². The number of carboxylic acids is 1. The molecule has 1 aromatic carbocycles. The van der Waals surface area contributed by atoms with Crippen molar-refractivity contribution in [2.75, 3.05) is 6.54 Å². The number of aryl methyl sites for hydroxylation is 1. The average Bonchev–Trinajstić information content (AvgIpc) is 2.67. The van der Waals surface area contributed by atoms with Crippen LogP contribution in [-0.4, -0.2) is 17.6 Å². The van der Waals surface area contributed by atoms with E-state index < -0.39 is 11.5 Å². The largest absolute Gasteiger partial charge is 0.480 e. The molecule has 1 atom stereocenters. The summed E-state index contributed by atoms with van der Waals surface area (Å²) in [7, 11) is 0. The SMILES string of the molecule is CC(C)CNC1(C(=O)O)CCc2ccccc21. The molecule has 1 aliphatic carbocycles. The van der Waals surface area contributed by atoms with Gasteiger partial charge in [-0.25, -0.2) is 4.79 Å². The summed E-state index contributed by atoms with van der Waals surface area (Å²) in [6, 6.07) is 7.85. The Morgan fingerprint density at radius 2 is 2.18 bits per heavy atom. The molecule has 2 N–H and O–H groups in total. The van der Waals surface area contributed by atoms with Gasteiger partial charge in [0.05, 0.1) is 0 Å². The Morgan fingerprint density at radius 1 is 1.47 bits per heavy atom. The Hall–Kier alpha value is -1.35. The maximum atomic E-state index is 11.6.